The molecule has 0 radical (unpaired) electrons. The van der Waals surface area contributed by atoms with E-state index in [0.717, 1.165) is 65.0 Å². The molecule has 9 aliphatic heterocycles. The summed E-state index contributed by atoms with van der Waals surface area (Å²) >= 11 is 3.38. The van der Waals surface area contributed by atoms with Gasteiger partial charge in [0.15, 0.2) is 0 Å². The minimum atomic E-state index is -0.704. The largest absolute Gasteiger partial charge is 0.444 e. The molecule has 0 bridgehead atoms. The molecule has 111 heavy (non-hydrogen) atoms. The van der Waals surface area contributed by atoms with Crippen LogP contribution in [0.5, 0.6) is 0 Å². The number of halogens is 1. The molecule has 9 saturated heterocycles. The fourth-order valence-corrected chi connectivity index (χ4v) is 13.2. The highest BCUT2D eigenvalue weighted by Crippen LogP contribution is 2.34. The average Bonchev–Trinajstić information content (AvgIpc) is 1.66. The number of amides is 11. The quantitative estimate of drug-likeness (QED) is 0.0629. The Morgan fingerprint density at radius 2 is 0.892 bits per heavy atom. The van der Waals surface area contributed by atoms with Crippen LogP contribution in [-0.4, -0.2) is 261 Å². The summed E-state index contributed by atoms with van der Waals surface area (Å²) in [6, 6.07) is 20.5. The third-order valence-electron chi connectivity index (χ3n) is 18.1. The van der Waals surface area contributed by atoms with Crippen molar-refractivity contribution >= 4 is 81.8 Å². The molecule has 9 atom stereocenters. The lowest BCUT2D eigenvalue weighted by atomic mass is 10.0. The molecular weight excluding hydrogens is 1500 g/mol. The van der Waals surface area contributed by atoms with Crippen molar-refractivity contribution in [3.05, 3.63) is 105 Å². The number of alkyl carbamates (subject to hydrolysis) is 2. The molecule has 0 saturated carbocycles. The molecule has 7 N–H and O–H groups in total. The number of carbonyl (C=O) groups excluding carboxylic acids is 11. The second-order valence-corrected chi connectivity index (χ2v) is 29.7. The van der Waals surface area contributed by atoms with E-state index in [4.69, 9.17) is 51.4 Å². The third-order valence-corrected chi connectivity index (χ3v) is 18.6. The Morgan fingerprint density at radius 3 is 1.23 bits per heavy atom. The molecule has 9 fully saturated rings. The smallest absolute Gasteiger partial charge is 0.411 e. The Kier molecular flexibility index (Phi) is 33.4. The predicted octanol–water partition coefficient (Wildman–Crippen LogP) is 5.81. The summed E-state index contributed by atoms with van der Waals surface area (Å²) in [7, 11) is 0. The Labute approximate surface area is 658 Å². The number of terminal acetylenes is 1. The Balaban J connectivity index is 0.000000212. The number of nitrogens with zero attached hydrogens (tertiary/aromatic N) is 6. The van der Waals surface area contributed by atoms with Crippen LogP contribution in [0, 0.1) is 36.0 Å². The molecule has 32 heteroatoms. The minimum absolute atomic E-state index is 0. The molecule has 0 spiro atoms. The van der Waals surface area contributed by atoms with E-state index < -0.39 is 95.8 Å². The van der Waals surface area contributed by atoms with Crippen molar-refractivity contribution in [3.63, 3.8) is 0 Å². The number of imide groups is 3. The normalized spacial score (nSPS) is 24.3. The van der Waals surface area contributed by atoms with Gasteiger partial charge in [0.25, 0.3) is 0 Å². The van der Waals surface area contributed by atoms with Crippen molar-refractivity contribution in [1.29, 1.82) is 0 Å². The monoisotopic (exact) mass is 1610 g/mol. The van der Waals surface area contributed by atoms with Gasteiger partial charge in [-0.2, -0.15) is 0 Å². The Morgan fingerprint density at radius 1 is 0.550 bits per heavy atom. The Bertz CT molecular complexity index is 3980. The van der Waals surface area contributed by atoms with Crippen LogP contribution in [0.2, 0.25) is 0 Å². The first-order chi connectivity index (χ1) is 53.0. The van der Waals surface area contributed by atoms with E-state index in [1.165, 1.54) is 14.7 Å². The van der Waals surface area contributed by atoms with Gasteiger partial charge in [-0.05, 0) is 114 Å². The number of ether oxygens (including phenoxy) is 8. The number of benzene rings is 3. The van der Waals surface area contributed by atoms with E-state index in [0.29, 0.717) is 91.9 Å². The van der Waals surface area contributed by atoms with Crippen molar-refractivity contribution in [3.8, 4) is 36.0 Å². The number of rotatable bonds is 14. The molecule has 3 aromatic carbocycles. The molecular formula is C79H105BrN12O19. The lowest BCUT2D eigenvalue weighted by Gasteiger charge is -2.31. The first-order valence-corrected chi connectivity index (χ1v) is 37.5. The van der Waals surface area contributed by atoms with Crippen LogP contribution in [0.4, 0.5) is 24.0 Å². The highest BCUT2D eigenvalue weighted by molar-refractivity contribution is 9.10. The molecule has 0 aromatic heterocycles. The van der Waals surface area contributed by atoms with Gasteiger partial charge in [-0.25, -0.2) is 24.0 Å². The minimum Gasteiger partial charge on any atom is -0.444 e. The number of piperidine rings is 3. The molecule has 31 nitrogen and oxygen atoms in total. The zero-order valence-electron chi connectivity index (χ0n) is 64.3. The molecule has 9 aliphatic rings. The Hall–Kier alpha value is -9.69. The van der Waals surface area contributed by atoms with E-state index in [9.17, 15) is 52.7 Å². The maximum Gasteiger partial charge on any atom is 0.411 e. The molecule has 3 aromatic rings. The predicted molar refractivity (Wildman–Crippen MR) is 410 cm³/mol. The number of morpholine rings is 3. The van der Waals surface area contributed by atoms with Gasteiger partial charge in [0, 0.05) is 95.1 Å². The summed E-state index contributed by atoms with van der Waals surface area (Å²) in [6.07, 6.45) is 2.82. The van der Waals surface area contributed by atoms with Gasteiger partial charge < -0.3 is 54.3 Å². The zero-order valence-corrected chi connectivity index (χ0v) is 64.9. The number of cyclic esters (lactones) is 3. The van der Waals surface area contributed by atoms with Gasteiger partial charge in [-0.1, -0.05) is 103 Å². The number of nitrogens with one attached hydrogen (secondary N) is 5. The van der Waals surface area contributed by atoms with Crippen LogP contribution in [0.3, 0.4) is 0 Å². The summed E-state index contributed by atoms with van der Waals surface area (Å²) in [4.78, 5) is 141. The molecule has 12 rings (SSSR count). The van der Waals surface area contributed by atoms with E-state index in [1.54, 1.807) is 6.92 Å². The fraction of sp³-hybridized carbons (Fsp3) is 0.557. The lowest BCUT2D eigenvalue weighted by Crippen LogP contribution is -2.52. The van der Waals surface area contributed by atoms with Crippen molar-refractivity contribution in [2.24, 2.45) is 5.73 Å². The van der Waals surface area contributed by atoms with Crippen molar-refractivity contribution in [2.45, 2.75) is 167 Å². The van der Waals surface area contributed by atoms with Crippen LogP contribution < -0.4 is 32.3 Å². The first kappa shape index (κ1) is 86.9. The summed E-state index contributed by atoms with van der Waals surface area (Å²) < 4.78 is 50.8. The summed E-state index contributed by atoms with van der Waals surface area (Å²) in [6.45, 7) is 23.5. The van der Waals surface area contributed by atoms with Crippen molar-refractivity contribution in [2.75, 3.05) is 118 Å². The van der Waals surface area contributed by atoms with Crippen molar-refractivity contribution < 1.29 is 92.0 Å². The highest BCUT2D eigenvalue weighted by atomic mass is 79.9. The topological polar surface area (TPSA) is 367 Å². The maximum atomic E-state index is 12.5. The standard InChI is InChI=1S/C27H34N4O7.C22H26N4O5.C14H13BrN2O4.C13H22N2O3.C2H6.CH4/c1-27(2,3)38-25(34)28-15-20-16-30(12-13-36-20)11-5-7-18-6-4-8-19(14-18)22-17-31(26(35)37-22)21-9-10-23(32)29-24(21)33;23-12-17-13-25(9-10-30-17)8-2-4-15-3-1-5-16(11-15)19-14-26(22(29)31-19)18-6-7-20(27)24-21(18)28;15-9-3-1-2-8(6-9)11-7-17(14(20)21-11)10-4-5-12(18)16-13(10)19;1-5-6-15-7-8-17-11(10-15)9-14-12(16)18-13(2,3)4;1-2;/h4,6,8,14,20-22H,9-13,15-17H2,1-3H3,(H,28,34)(H,29,32,33);1,3,5,11,17-19H,6-10,12-14,23H2,(H,24,27,28);1-3,6,10-11H,4-5,7H2,(H,16,18,19);1,11H,6-10H2,2-4H3,(H,14,16);1-2H3;1H4/t20-,21?,22+;17-,18?,19+;10?,11-;11-;;/m0010../s1/i;;;;1D;. The molecule has 0 aliphatic carbocycles. The highest BCUT2D eigenvalue weighted by Gasteiger charge is 2.45. The number of hydrogen-bond donors (Lipinski definition) is 6. The zero-order chi connectivity index (χ0) is 80.4. The second kappa shape index (κ2) is 42.6. The molecule has 3 unspecified atom stereocenters. The summed E-state index contributed by atoms with van der Waals surface area (Å²) in [5, 5.41) is 12.3. The summed E-state index contributed by atoms with van der Waals surface area (Å²) in [5.74, 6) is 13.0. The van der Waals surface area contributed by atoms with E-state index >= 15 is 0 Å². The van der Waals surface area contributed by atoms with E-state index in [-0.39, 0.29) is 82.2 Å². The van der Waals surface area contributed by atoms with Gasteiger partial charge in [-0.3, -0.25) is 74.1 Å². The van der Waals surface area contributed by atoms with Crippen LogP contribution in [-0.2, 0) is 66.7 Å². The van der Waals surface area contributed by atoms with Crippen LogP contribution in [0.25, 0.3) is 0 Å². The fourth-order valence-electron chi connectivity index (χ4n) is 12.8. The van der Waals surface area contributed by atoms with Gasteiger partial charge in [0.2, 0.25) is 35.4 Å². The van der Waals surface area contributed by atoms with Crippen LogP contribution >= 0.6 is 15.9 Å². The van der Waals surface area contributed by atoms with Gasteiger partial charge in [0.1, 0.15) is 47.6 Å². The maximum absolute atomic E-state index is 12.5. The molecule has 602 valence electrons. The lowest BCUT2D eigenvalue weighted by molar-refractivity contribution is -0.138. The van der Waals surface area contributed by atoms with Gasteiger partial charge in [0.05, 0.1) is 77.4 Å². The number of carbonyl (C=O) groups is 11. The van der Waals surface area contributed by atoms with Crippen molar-refractivity contribution in [1.82, 2.24) is 56.0 Å². The summed E-state index contributed by atoms with van der Waals surface area (Å²) in [5.41, 5.74) is 8.75. The van der Waals surface area contributed by atoms with E-state index in [2.05, 4.69) is 86.8 Å². The average molecular weight is 1610 g/mol. The second-order valence-electron chi connectivity index (χ2n) is 28.8. The van der Waals surface area contributed by atoms with Gasteiger partial charge in [-0.15, -0.1) is 6.42 Å². The number of nitrogens with two attached hydrogens (primary N) is 1. The third kappa shape index (κ3) is 27.9. The SMILES string of the molecule is C.C#CCN1CCO[C@@H](CNC(=O)OC(C)(C)C)C1.CC(C)(C)OC(=O)NC[C@H]1CN(CC#Cc2cccc([C@H]3CN(C4CCC(=O)NC4=O)C(=O)O3)c2)CCO1.NC[C@H]1CN(CC#Cc2cccc([C@H]3CN(C4CCC(=O)NC4=O)C(=O)O3)c2)CCO1.O=C1CCC(N2C[C@H](c3cccc(Br)c3)OC2=O)C(=O)N1.[2H]CC. The van der Waals surface area contributed by atoms with Crippen LogP contribution in [0.15, 0.2) is 77.3 Å². The molecule has 9 heterocycles. The first-order valence-electron chi connectivity index (χ1n) is 37.4. The number of hydrogen-bond acceptors (Lipinski definition) is 23. The van der Waals surface area contributed by atoms with Crippen LogP contribution in [0.1, 0.15) is 149 Å². The van der Waals surface area contributed by atoms with Gasteiger partial charge >= 0.3 is 30.5 Å². The molecule has 11 amide bonds. The van der Waals surface area contributed by atoms with E-state index in [1.807, 2.05) is 114 Å².